The minimum absolute atomic E-state index is 0.382. The number of rotatable bonds is 5. The summed E-state index contributed by atoms with van der Waals surface area (Å²) in [5.41, 5.74) is 3.87. The molecule has 0 bridgehead atoms. The zero-order valence-electron chi connectivity index (χ0n) is 17.6. The molecule has 0 aliphatic carbocycles. The maximum Gasteiger partial charge on any atom is 0.223 e. The average Bonchev–Trinajstić information content (AvgIpc) is 3.16. The summed E-state index contributed by atoms with van der Waals surface area (Å²) in [5.74, 6) is 1.65. The van der Waals surface area contributed by atoms with Gasteiger partial charge in [-0.25, -0.2) is 29.3 Å². The van der Waals surface area contributed by atoms with Crippen LogP contribution in [-0.2, 0) is 7.05 Å². The van der Waals surface area contributed by atoms with Gasteiger partial charge in [0.05, 0.1) is 18.0 Å². The summed E-state index contributed by atoms with van der Waals surface area (Å²) in [6.07, 6.45) is 4.67. The monoisotopic (exact) mass is 430 g/mol. The molecule has 0 aliphatic rings. The Morgan fingerprint density at radius 2 is 1.91 bits per heavy atom. The average molecular weight is 430 g/mol. The Kier molecular flexibility index (Phi) is 4.74. The Morgan fingerprint density at radius 1 is 1.03 bits per heavy atom. The summed E-state index contributed by atoms with van der Waals surface area (Å²) < 4.78 is 22.0. The second kappa shape index (κ2) is 7.73. The first-order valence-corrected chi connectivity index (χ1v) is 9.83. The highest BCUT2D eigenvalue weighted by Crippen LogP contribution is 2.31. The predicted octanol–water partition coefficient (Wildman–Crippen LogP) is 4.33. The molecule has 3 aromatic heterocycles. The fourth-order valence-corrected chi connectivity index (χ4v) is 3.44. The van der Waals surface area contributed by atoms with Gasteiger partial charge in [0.25, 0.3) is 0 Å². The molecule has 0 saturated heterocycles. The second-order valence-electron chi connectivity index (χ2n) is 7.24. The van der Waals surface area contributed by atoms with Crippen LogP contribution in [0.25, 0.3) is 22.1 Å². The zero-order chi connectivity index (χ0) is 22.2. The van der Waals surface area contributed by atoms with Gasteiger partial charge in [0.1, 0.15) is 34.4 Å². The lowest BCUT2D eigenvalue weighted by molar-refractivity contribution is 0.474. The van der Waals surface area contributed by atoms with Crippen molar-refractivity contribution >= 4 is 39.5 Å². The van der Waals surface area contributed by atoms with Gasteiger partial charge in [0.2, 0.25) is 5.95 Å². The van der Waals surface area contributed by atoms with Gasteiger partial charge in [-0.2, -0.15) is 0 Å². The van der Waals surface area contributed by atoms with Crippen LogP contribution in [0.15, 0.2) is 49.2 Å². The third-order valence-corrected chi connectivity index (χ3v) is 5.01. The van der Waals surface area contributed by atoms with Gasteiger partial charge in [0, 0.05) is 31.9 Å². The van der Waals surface area contributed by atoms with Crippen LogP contribution in [0.2, 0.25) is 0 Å². The van der Waals surface area contributed by atoms with E-state index in [-0.39, 0.29) is 5.82 Å². The van der Waals surface area contributed by atoms with Gasteiger partial charge in [-0.3, -0.25) is 0 Å². The zero-order valence-corrected chi connectivity index (χ0v) is 17.6. The fraction of sp³-hybridized carbons (Fsp3) is 0.136. The molecule has 0 saturated carbocycles. The van der Waals surface area contributed by atoms with Crippen LogP contribution < -0.4 is 15.4 Å². The summed E-state index contributed by atoms with van der Waals surface area (Å²) in [4.78, 5) is 21.3. The Hall–Kier alpha value is -4.34. The smallest absolute Gasteiger partial charge is 0.223 e. The Bertz CT molecular complexity index is 1470. The van der Waals surface area contributed by atoms with E-state index in [2.05, 4.69) is 35.6 Å². The summed E-state index contributed by atoms with van der Waals surface area (Å²) in [5, 5.41) is 6.18. The number of anilines is 3. The van der Waals surface area contributed by atoms with Crippen molar-refractivity contribution in [3.63, 3.8) is 0 Å². The van der Waals surface area contributed by atoms with E-state index in [0.29, 0.717) is 45.3 Å². The number of aromatic nitrogens is 6. The van der Waals surface area contributed by atoms with Crippen molar-refractivity contribution in [1.82, 2.24) is 29.5 Å². The second-order valence-corrected chi connectivity index (χ2v) is 7.24. The molecule has 5 rings (SSSR count). The van der Waals surface area contributed by atoms with Gasteiger partial charge < -0.3 is 19.9 Å². The predicted molar refractivity (Wildman–Crippen MR) is 120 cm³/mol. The number of imidazole rings is 1. The normalized spacial score (nSPS) is 11.1. The maximum absolute atomic E-state index is 14.5. The largest absolute Gasteiger partial charge is 0.457 e. The van der Waals surface area contributed by atoms with Crippen molar-refractivity contribution in [1.29, 1.82) is 0 Å². The van der Waals surface area contributed by atoms with Crippen LogP contribution in [-0.4, -0.2) is 36.5 Å². The number of hydrogen-bond acceptors (Lipinski definition) is 8. The van der Waals surface area contributed by atoms with Crippen molar-refractivity contribution < 1.29 is 9.13 Å². The van der Waals surface area contributed by atoms with Crippen molar-refractivity contribution in [2.24, 2.45) is 7.05 Å². The molecule has 0 radical (unpaired) electrons. The number of aryl methyl sites for hydroxylation is 2. The number of nitrogens with one attached hydrogen (secondary N) is 2. The van der Waals surface area contributed by atoms with E-state index in [9.17, 15) is 4.39 Å². The van der Waals surface area contributed by atoms with E-state index in [0.717, 1.165) is 11.3 Å². The Labute approximate surface area is 182 Å². The fourth-order valence-electron chi connectivity index (χ4n) is 3.44. The Morgan fingerprint density at radius 3 is 2.72 bits per heavy atom. The molecule has 5 aromatic rings. The quantitative estimate of drug-likeness (QED) is 0.425. The van der Waals surface area contributed by atoms with E-state index in [1.165, 1.54) is 12.4 Å². The molecule has 32 heavy (non-hydrogen) atoms. The van der Waals surface area contributed by atoms with Crippen molar-refractivity contribution in [3.8, 4) is 11.5 Å². The minimum Gasteiger partial charge on any atom is -0.457 e. The third-order valence-electron chi connectivity index (χ3n) is 5.01. The standard InChI is InChI=1S/C22H19FN8O/c1-12-6-13(29-21-19-17(26-10-27-21)9-25-22(24-2)30-19)4-5-18(12)32-14-7-15(23)20-16(8-14)28-11-31(20)3/h4-11H,1-3H3,(H,24,25,30)(H,26,27,29). The number of fused-ring (bicyclic) bond motifs is 2. The van der Waals surface area contributed by atoms with E-state index < -0.39 is 0 Å². The molecule has 9 nitrogen and oxygen atoms in total. The molecule has 0 aliphatic heterocycles. The number of ether oxygens (including phenoxy) is 1. The Balaban J connectivity index is 1.42. The van der Waals surface area contributed by atoms with Crippen LogP contribution >= 0.6 is 0 Å². The van der Waals surface area contributed by atoms with E-state index in [4.69, 9.17) is 4.74 Å². The van der Waals surface area contributed by atoms with Crippen molar-refractivity contribution in [2.75, 3.05) is 17.7 Å². The molecule has 0 fully saturated rings. The minimum atomic E-state index is -0.382. The van der Waals surface area contributed by atoms with Crippen LogP contribution in [0, 0.1) is 12.7 Å². The van der Waals surface area contributed by atoms with E-state index in [1.807, 2.05) is 25.1 Å². The van der Waals surface area contributed by atoms with Gasteiger partial charge in [-0.1, -0.05) is 0 Å². The summed E-state index contributed by atoms with van der Waals surface area (Å²) in [7, 11) is 3.50. The number of hydrogen-bond donors (Lipinski definition) is 2. The number of nitrogens with zero attached hydrogens (tertiary/aromatic N) is 6. The third kappa shape index (κ3) is 3.51. The summed E-state index contributed by atoms with van der Waals surface area (Å²) in [6, 6.07) is 8.67. The SMILES string of the molecule is CNc1ncc2ncnc(Nc3ccc(Oc4cc(F)c5c(c4)ncn5C)c(C)c3)c2n1. The van der Waals surface area contributed by atoms with Gasteiger partial charge in [0.15, 0.2) is 11.6 Å². The van der Waals surface area contributed by atoms with Crippen molar-refractivity contribution in [3.05, 3.63) is 60.6 Å². The molecule has 0 atom stereocenters. The van der Waals surface area contributed by atoms with Gasteiger partial charge in [-0.15, -0.1) is 0 Å². The van der Waals surface area contributed by atoms with Crippen LogP contribution in [0.1, 0.15) is 5.56 Å². The highest BCUT2D eigenvalue weighted by molar-refractivity contribution is 5.87. The first-order chi connectivity index (χ1) is 15.5. The molecule has 0 amide bonds. The van der Waals surface area contributed by atoms with Crippen LogP contribution in [0.4, 0.5) is 21.8 Å². The first kappa shape index (κ1) is 19.6. The molecule has 0 spiro atoms. The highest BCUT2D eigenvalue weighted by Gasteiger charge is 2.12. The molecule has 10 heteroatoms. The molecule has 2 N–H and O–H groups in total. The molecule has 160 valence electrons. The molecular formula is C22H19FN8O. The van der Waals surface area contributed by atoms with Gasteiger partial charge >= 0.3 is 0 Å². The number of benzene rings is 2. The van der Waals surface area contributed by atoms with E-state index >= 15 is 0 Å². The molecule has 2 aromatic carbocycles. The van der Waals surface area contributed by atoms with Crippen molar-refractivity contribution in [2.45, 2.75) is 6.92 Å². The molecular weight excluding hydrogens is 411 g/mol. The first-order valence-electron chi connectivity index (χ1n) is 9.83. The highest BCUT2D eigenvalue weighted by atomic mass is 19.1. The van der Waals surface area contributed by atoms with Crippen LogP contribution in [0.5, 0.6) is 11.5 Å². The summed E-state index contributed by atoms with van der Waals surface area (Å²) in [6.45, 7) is 1.91. The van der Waals surface area contributed by atoms with Gasteiger partial charge in [-0.05, 0) is 30.7 Å². The van der Waals surface area contributed by atoms with Crippen LogP contribution in [0.3, 0.4) is 0 Å². The lowest BCUT2D eigenvalue weighted by atomic mass is 10.2. The van der Waals surface area contributed by atoms with E-state index in [1.54, 1.807) is 37.3 Å². The topological polar surface area (TPSA) is 103 Å². The molecule has 3 heterocycles. The lowest BCUT2D eigenvalue weighted by Crippen LogP contribution is -2.01. The molecule has 0 unspecified atom stereocenters. The lowest BCUT2D eigenvalue weighted by Gasteiger charge is -2.12. The number of halogens is 1. The summed E-state index contributed by atoms with van der Waals surface area (Å²) >= 11 is 0. The maximum atomic E-state index is 14.5.